The third-order valence-corrected chi connectivity index (χ3v) is 9.06. The second-order valence-corrected chi connectivity index (χ2v) is 11.1. The number of halogens is 1. The number of rotatable bonds is 4. The van der Waals surface area contributed by atoms with Gasteiger partial charge in [0.1, 0.15) is 5.82 Å². The van der Waals surface area contributed by atoms with Crippen LogP contribution in [0.15, 0.2) is 33.7 Å². The van der Waals surface area contributed by atoms with Crippen molar-refractivity contribution in [3.63, 3.8) is 0 Å². The molecule has 2 aliphatic heterocycles. The second kappa shape index (κ2) is 7.39. The van der Waals surface area contributed by atoms with E-state index >= 15 is 0 Å². The summed E-state index contributed by atoms with van der Waals surface area (Å²) in [7, 11) is -1.59. The zero-order valence-electron chi connectivity index (χ0n) is 17.1. The lowest BCUT2D eigenvalue weighted by Gasteiger charge is -2.38. The summed E-state index contributed by atoms with van der Waals surface area (Å²) in [6, 6.07) is 5.35. The molecule has 9 heteroatoms. The van der Waals surface area contributed by atoms with Gasteiger partial charge in [-0.1, -0.05) is 17.6 Å². The van der Waals surface area contributed by atoms with Crippen molar-refractivity contribution >= 4 is 10.0 Å². The fourth-order valence-corrected chi connectivity index (χ4v) is 6.57. The molecule has 1 aromatic carbocycles. The molecule has 7 nitrogen and oxygen atoms in total. The van der Waals surface area contributed by atoms with E-state index in [4.69, 9.17) is 4.52 Å². The molecule has 3 heterocycles. The summed E-state index contributed by atoms with van der Waals surface area (Å²) in [4.78, 5) is 6.98. The minimum absolute atomic E-state index is 0.0233. The predicted octanol–water partition coefficient (Wildman–Crippen LogP) is 3.32. The molecule has 2 saturated heterocycles. The van der Waals surface area contributed by atoms with Gasteiger partial charge >= 0.3 is 0 Å². The standard InChI is InChI=1S/C21H27FN4O3S/c1-25-14-21(13-18(25)19-23-20(29-24-19)15-4-2-5-15)8-10-26(11-9-21)30(27,28)17-7-3-6-16(22)12-17/h3,6-7,12,15,18H,2,4-5,8-11,13-14H2,1H3. The molecule has 0 radical (unpaired) electrons. The van der Waals surface area contributed by atoms with Crippen molar-refractivity contribution in [2.24, 2.45) is 5.41 Å². The maximum atomic E-state index is 13.5. The van der Waals surface area contributed by atoms with Crippen molar-refractivity contribution in [3.8, 4) is 0 Å². The summed E-state index contributed by atoms with van der Waals surface area (Å²) in [6.45, 7) is 1.77. The Morgan fingerprint density at radius 3 is 2.67 bits per heavy atom. The zero-order chi connectivity index (χ0) is 20.9. The minimum Gasteiger partial charge on any atom is -0.339 e. The number of nitrogens with zero attached hydrogens (tertiary/aromatic N) is 4. The lowest BCUT2D eigenvalue weighted by Crippen LogP contribution is -2.44. The summed E-state index contributed by atoms with van der Waals surface area (Å²) < 4.78 is 46.4. The van der Waals surface area contributed by atoms with Gasteiger partial charge in [-0.3, -0.25) is 4.90 Å². The number of piperidine rings is 1. The fraction of sp³-hybridized carbons (Fsp3) is 0.619. The first-order valence-electron chi connectivity index (χ1n) is 10.7. The number of hydrogen-bond donors (Lipinski definition) is 0. The molecular formula is C21H27FN4O3S. The molecule has 1 spiro atoms. The van der Waals surface area contributed by atoms with Gasteiger partial charge in [0, 0.05) is 25.6 Å². The molecule has 3 aliphatic rings. The van der Waals surface area contributed by atoms with Crippen molar-refractivity contribution in [3.05, 3.63) is 41.8 Å². The number of hydrogen-bond acceptors (Lipinski definition) is 6. The van der Waals surface area contributed by atoms with E-state index in [1.807, 2.05) is 0 Å². The quantitative estimate of drug-likeness (QED) is 0.735. The third kappa shape index (κ3) is 3.46. The average molecular weight is 435 g/mol. The Hall–Kier alpha value is -1.84. The van der Waals surface area contributed by atoms with E-state index in [0.29, 0.717) is 19.0 Å². The summed E-state index contributed by atoms with van der Waals surface area (Å²) in [5, 5.41) is 4.26. The molecule has 1 aliphatic carbocycles. The highest BCUT2D eigenvalue weighted by Crippen LogP contribution is 2.48. The maximum absolute atomic E-state index is 13.5. The van der Waals surface area contributed by atoms with Crippen LogP contribution in [0.25, 0.3) is 0 Å². The van der Waals surface area contributed by atoms with Gasteiger partial charge in [0.05, 0.1) is 10.9 Å². The van der Waals surface area contributed by atoms with Crippen LogP contribution in [0.1, 0.15) is 62.2 Å². The van der Waals surface area contributed by atoms with Gasteiger partial charge < -0.3 is 4.52 Å². The third-order valence-electron chi connectivity index (χ3n) is 7.17. The molecule has 0 bridgehead atoms. The average Bonchev–Trinajstić information content (AvgIpc) is 3.26. The molecule has 1 aromatic heterocycles. The van der Waals surface area contributed by atoms with Gasteiger partial charge in [-0.2, -0.15) is 9.29 Å². The normalized spacial score (nSPS) is 25.6. The van der Waals surface area contributed by atoms with Crippen LogP contribution in [0.2, 0.25) is 0 Å². The van der Waals surface area contributed by atoms with Crippen LogP contribution in [-0.2, 0) is 10.0 Å². The highest BCUT2D eigenvalue weighted by Gasteiger charge is 2.47. The van der Waals surface area contributed by atoms with Crippen LogP contribution < -0.4 is 0 Å². The van der Waals surface area contributed by atoms with Crippen molar-refractivity contribution in [1.82, 2.24) is 19.3 Å². The van der Waals surface area contributed by atoms with Crippen LogP contribution in [0.5, 0.6) is 0 Å². The summed E-state index contributed by atoms with van der Waals surface area (Å²) >= 11 is 0. The largest absolute Gasteiger partial charge is 0.339 e. The second-order valence-electron chi connectivity index (χ2n) is 9.12. The van der Waals surface area contributed by atoms with Crippen molar-refractivity contribution in [1.29, 1.82) is 0 Å². The molecule has 1 unspecified atom stereocenters. The Balaban J connectivity index is 1.27. The molecule has 0 N–H and O–H groups in total. The number of benzene rings is 1. The van der Waals surface area contributed by atoms with Crippen molar-refractivity contribution in [2.75, 3.05) is 26.7 Å². The van der Waals surface area contributed by atoms with E-state index in [0.717, 1.165) is 56.4 Å². The molecular weight excluding hydrogens is 407 g/mol. The molecule has 0 amide bonds. The molecule has 30 heavy (non-hydrogen) atoms. The molecule has 5 rings (SSSR count). The topological polar surface area (TPSA) is 79.5 Å². The Bertz CT molecular complexity index is 1030. The van der Waals surface area contributed by atoms with E-state index in [1.165, 1.54) is 28.9 Å². The van der Waals surface area contributed by atoms with Crippen molar-refractivity contribution in [2.45, 2.75) is 55.4 Å². The molecule has 2 aromatic rings. The highest BCUT2D eigenvalue weighted by molar-refractivity contribution is 7.89. The maximum Gasteiger partial charge on any atom is 0.243 e. The van der Waals surface area contributed by atoms with Crippen LogP contribution in [0.3, 0.4) is 0 Å². The first-order chi connectivity index (χ1) is 14.4. The van der Waals surface area contributed by atoms with Crippen LogP contribution >= 0.6 is 0 Å². The molecule has 1 saturated carbocycles. The lowest BCUT2D eigenvalue weighted by molar-refractivity contribution is 0.161. The molecule has 3 fully saturated rings. The Labute approximate surface area is 176 Å². The number of sulfonamides is 1. The Kier molecular flexibility index (Phi) is 4.95. The van der Waals surface area contributed by atoms with Gasteiger partial charge in [0.15, 0.2) is 5.82 Å². The number of likely N-dealkylation sites (tertiary alicyclic amines) is 1. The van der Waals surface area contributed by atoms with Crippen LogP contribution in [0.4, 0.5) is 4.39 Å². The van der Waals surface area contributed by atoms with E-state index in [2.05, 4.69) is 22.1 Å². The SMILES string of the molecule is CN1CC2(CCN(S(=O)(=O)c3cccc(F)c3)CC2)CC1c1noc(C2CCC2)n1. The number of aromatic nitrogens is 2. The van der Waals surface area contributed by atoms with E-state index in [9.17, 15) is 12.8 Å². The van der Waals surface area contributed by atoms with Crippen LogP contribution in [-0.4, -0.2) is 54.4 Å². The molecule has 1 atom stereocenters. The highest BCUT2D eigenvalue weighted by atomic mass is 32.2. The summed E-state index contributed by atoms with van der Waals surface area (Å²) in [5.41, 5.74) is 0.0463. The first kappa shape index (κ1) is 20.1. The van der Waals surface area contributed by atoms with Gasteiger partial charge in [-0.15, -0.1) is 0 Å². The summed E-state index contributed by atoms with van der Waals surface area (Å²) in [5.74, 6) is 1.40. The fourth-order valence-electron chi connectivity index (χ4n) is 5.10. The monoisotopic (exact) mass is 434 g/mol. The van der Waals surface area contributed by atoms with Crippen LogP contribution in [0, 0.1) is 11.2 Å². The van der Waals surface area contributed by atoms with Gasteiger partial charge in [-0.25, -0.2) is 12.8 Å². The van der Waals surface area contributed by atoms with Crippen molar-refractivity contribution < 1.29 is 17.3 Å². The Morgan fingerprint density at radius 1 is 1.23 bits per heavy atom. The smallest absolute Gasteiger partial charge is 0.243 e. The first-order valence-corrected chi connectivity index (χ1v) is 12.1. The van der Waals surface area contributed by atoms with Gasteiger partial charge in [0.2, 0.25) is 15.9 Å². The summed E-state index contributed by atoms with van der Waals surface area (Å²) in [6.07, 6.45) is 5.93. The van der Waals surface area contributed by atoms with E-state index in [-0.39, 0.29) is 16.4 Å². The zero-order valence-corrected chi connectivity index (χ0v) is 17.9. The Morgan fingerprint density at radius 2 is 2.00 bits per heavy atom. The lowest BCUT2D eigenvalue weighted by atomic mass is 9.77. The van der Waals surface area contributed by atoms with E-state index < -0.39 is 15.8 Å². The van der Waals surface area contributed by atoms with Gasteiger partial charge in [0.25, 0.3) is 0 Å². The van der Waals surface area contributed by atoms with E-state index in [1.54, 1.807) is 0 Å². The minimum atomic E-state index is -3.67. The van der Waals surface area contributed by atoms with Gasteiger partial charge in [-0.05, 0) is 62.8 Å². The molecule has 162 valence electrons. The predicted molar refractivity (Wildman–Crippen MR) is 108 cm³/mol.